The molecule has 2 rings (SSSR count). The number of benzene rings is 1. The number of halogens is 3. The first-order valence-electron chi connectivity index (χ1n) is 5.82. The third kappa shape index (κ3) is 3.51. The van der Waals surface area contributed by atoms with Gasteiger partial charge in [-0.25, -0.2) is 13.8 Å². The van der Waals surface area contributed by atoms with E-state index in [1.165, 1.54) is 6.07 Å². The molecular weight excluding hydrogens is 286 g/mol. The number of carbonyl (C=O) groups is 1. The van der Waals surface area contributed by atoms with E-state index in [2.05, 4.69) is 10.3 Å². The van der Waals surface area contributed by atoms with E-state index in [9.17, 15) is 13.6 Å². The molecule has 1 N–H and O–H groups in total. The summed E-state index contributed by atoms with van der Waals surface area (Å²) in [6, 6.07) is 6.55. The van der Waals surface area contributed by atoms with Gasteiger partial charge in [0.1, 0.15) is 5.15 Å². The van der Waals surface area contributed by atoms with Gasteiger partial charge in [0.15, 0.2) is 11.6 Å². The van der Waals surface area contributed by atoms with Crippen molar-refractivity contribution in [3.63, 3.8) is 0 Å². The zero-order valence-electron chi connectivity index (χ0n) is 10.6. The number of carbonyl (C=O) groups excluding carboxylic acids is 1. The second kappa shape index (κ2) is 5.96. The van der Waals surface area contributed by atoms with Crippen LogP contribution in [0.3, 0.4) is 0 Å². The van der Waals surface area contributed by atoms with Crippen molar-refractivity contribution in [3.8, 4) is 0 Å². The molecule has 6 heteroatoms. The molecule has 2 aromatic rings. The van der Waals surface area contributed by atoms with Crippen molar-refractivity contribution in [1.82, 2.24) is 4.98 Å². The van der Waals surface area contributed by atoms with Crippen LogP contribution in [-0.2, 0) is 11.2 Å². The van der Waals surface area contributed by atoms with Crippen molar-refractivity contribution >= 4 is 23.2 Å². The van der Waals surface area contributed by atoms with E-state index in [4.69, 9.17) is 11.6 Å². The molecule has 0 unspecified atom stereocenters. The van der Waals surface area contributed by atoms with Crippen LogP contribution in [0.2, 0.25) is 5.15 Å². The van der Waals surface area contributed by atoms with E-state index in [1.54, 1.807) is 19.1 Å². The molecule has 0 atom stereocenters. The predicted molar refractivity (Wildman–Crippen MR) is 72.7 cm³/mol. The van der Waals surface area contributed by atoms with Gasteiger partial charge in [-0.2, -0.15) is 0 Å². The van der Waals surface area contributed by atoms with Gasteiger partial charge in [0.2, 0.25) is 5.91 Å². The van der Waals surface area contributed by atoms with E-state index in [0.717, 1.165) is 12.1 Å². The predicted octanol–water partition coefficient (Wildman–Crippen LogP) is 3.50. The highest BCUT2D eigenvalue weighted by Gasteiger charge is 2.09. The second-order valence-electron chi connectivity index (χ2n) is 4.24. The van der Waals surface area contributed by atoms with Crippen LogP contribution in [0.4, 0.5) is 14.5 Å². The van der Waals surface area contributed by atoms with Crippen LogP contribution in [0.15, 0.2) is 30.3 Å². The third-order valence-corrected chi connectivity index (χ3v) is 2.89. The van der Waals surface area contributed by atoms with Crippen LogP contribution in [0.1, 0.15) is 11.3 Å². The van der Waals surface area contributed by atoms with Crippen LogP contribution in [0.5, 0.6) is 0 Å². The maximum Gasteiger partial charge on any atom is 0.228 e. The molecule has 104 valence electrons. The van der Waals surface area contributed by atoms with Gasteiger partial charge in [0, 0.05) is 0 Å². The number of hydrogen-bond acceptors (Lipinski definition) is 2. The van der Waals surface area contributed by atoms with Gasteiger partial charge in [-0.05, 0) is 36.8 Å². The molecule has 20 heavy (non-hydrogen) atoms. The van der Waals surface area contributed by atoms with Crippen LogP contribution in [0, 0.1) is 18.6 Å². The largest absolute Gasteiger partial charge is 0.324 e. The summed E-state index contributed by atoms with van der Waals surface area (Å²) in [5, 5.41) is 2.98. The van der Waals surface area contributed by atoms with E-state index in [1.807, 2.05) is 0 Å². The molecule has 1 aromatic carbocycles. The summed E-state index contributed by atoms with van der Waals surface area (Å²) in [6.07, 6.45) is -0.0563. The molecule has 3 nitrogen and oxygen atoms in total. The summed E-state index contributed by atoms with van der Waals surface area (Å²) >= 11 is 5.71. The normalized spacial score (nSPS) is 10.4. The Bertz CT molecular complexity index is 662. The van der Waals surface area contributed by atoms with Crippen LogP contribution < -0.4 is 5.32 Å². The zero-order valence-corrected chi connectivity index (χ0v) is 11.3. The van der Waals surface area contributed by atoms with Crippen molar-refractivity contribution in [3.05, 3.63) is 58.4 Å². The molecule has 0 aliphatic heterocycles. The summed E-state index contributed by atoms with van der Waals surface area (Å²) in [5.74, 6) is -2.25. The topological polar surface area (TPSA) is 42.0 Å². The Balaban J connectivity index is 2.07. The van der Waals surface area contributed by atoms with E-state index in [0.29, 0.717) is 22.1 Å². The quantitative estimate of drug-likeness (QED) is 0.881. The molecule has 0 aliphatic carbocycles. The Kier molecular flexibility index (Phi) is 4.29. The van der Waals surface area contributed by atoms with Gasteiger partial charge in [0.05, 0.1) is 17.8 Å². The van der Waals surface area contributed by atoms with Crippen LogP contribution >= 0.6 is 11.6 Å². The first-order valence-corrected chi connectivity index (χ1v) is 6.20. The van der Waals surface area contributed by atoms with Crippen LogP contribution in [0.25, 0.3) is 0 Å². The molecule has 0 spiro atoms. The van der Waals surface area contributed by atoms with Gasteiger partial charge in [-0.3, -0.25) is 4.79 Å². The molecule has 1 heterocycles. The number of aromatic nitrogens is 1. The molecule has 0 fully saturated rings. The highest BCUT2D eigenvalue weighted by Crippen LogP contribution is 2.16. The van der Waals surface area contributed by atoms with Gasteiger partial charge >= 0.3 is 0 Å². The van der Waals surface area contributed by atoms with E-state index in [-0.39, 0.29) is 12.3 Å². The molecule has 0 radical (unpaired) electrons. The Hall–Kier alpha value is -2.01. The second-order valence-corrected chi connectivity index (χ2v) is 4.63. The molecule has 0 bridgehead atoms. The lowest BCUT2D eigenvalue weighted by Crippen LogP contribution is -2.15. The zero-order chi connectivity index (χ0) is 14.7. The minimum absolute atomic E-state index is 0.0563. The highest BCUT2D eigenvalue weighted by molar-refractivity contribution is 6.29. The van der Waals surface area contributed by atoms with Gasteiger partial charge in [-0.1, -0.05) is 17.7 Å². The summed E-state index contributed by atoms with van der Waals surface area (Å²) in [7, 11) is 0. The highest BCUT2D eigenvalue weighted by atomic mass is 35.5. The molecule has 1 aromatic heterocycles. The monoisotopic (exact) mass is 296 g/mol. The Morgan fingerprint density at radius 1 is 1.25 bits per heavy atom. The van der Waals surface area contributed by atoms with Crippen molar-refractivity contribution < 1.29 is 13.6 Å². The van der Waals surface area contributed by atoms with Crippen molar-refractivity contribution in [2.45, 2.75) is 13.3 Å². The Labute approximate surface area is 119 Å². The number of hydrogen-bond donors (Lipinski definition) is 1. The number of anilines is 1. The van der Waals surface area contributed by atoms with Crippen LogP contribution in [-0.4, -0.2) is 10.9 Å². The molecular formula is C14H11ClF2N2O. The number of pyridine rings is 1. The van der Waals surface area contributed by atoms with Gasteiger partial charge in [-0.15, -0.1) is 0 Å². The average molecular weight is 297 g/mol. The first-order chi connectivity index (χ1) is 9.45. The SMILES string of the molecule is Cc1nc(Cl)ccc1NC(=O)Cc1ccc(F)c(F)c1. The molecule has 0 aliphatic rings. The van der Waals surface area contributed by atoms with Crippen molar-refractivity contribution in [2.75, 3.05) is 5.32 Å². The van der Waals surface area contributed by atoms with Gasteiger partial charge < -0.3 is 5.32 Å². The number of amides is 1. The molecule has 0 saturated heterocycles. The fraction of sp³-hybridized carbons (Fsp3) is 0.143. The minimum atomic E-state index is -0.973. The van der Waals surface area contributed by atoms with E-state index >= 15 is 0 Å². The van der Waals surface area contributed by atoms with Crippen molar-refractivity contribution in [2.24, 2.45) is 0 Å². The fourth-order valence-corrected chi connectivity index (χ4v) is 1.88. The first kappa shape index (κ1) is 14.4. The lowest BCUT2D eigenvalue weighted by molar-refractivity contribution is -0.115. The smallest absolute Gasteiger partial charge is 0.228 e. The third-order valence-electron chi connectivity index (χ3n) is 2.67. The number of rotatable bonds is 3. The summed E-state index contributed by atoms with van der Waals surface area (Å²) in [6.45, 7) is 1.71. The fourth-order valence-electron chi connectivity index (χ4n) is 1.69. The lowest BCUT2D eigenvalue weighted by Gasteiger charge is -2.08. The number of aryl methyl sites for hydroxylation is 1. The summed E-state index contributed by atoms with van der Waals surface area (Å²) < 4.78 is 25.8. The Morgan fingerprint density at radius 3 is 2.65 bits per heavy atom. The number of nitrogens with one attached hydrogen (secondary N) is 1. The number of nitrogens with zero attached hydrogens (tertiary/aromatic N) is 1. The average Bonchev–Trinajstić information content (AvgIpc) is 2.37. The Morgan fingerprint density at radius 2 is 2.00 bits per heavy atom. The summed E-state index contributed by atoms with van der Waals surface area (Å²) in [5.41, 5.74) is 1.50. The molecule has 0 saturated carbocycles. The maximum absolute atomic E-state index is 13.0. The van der Waals surface area contributed by atoms with Crippen molar-refractivity contribution in [1.29, 1.82) is 0 Å². The summed E-state index contributed by atoms with van der Waals surface area (Å²) in [4.78, 5) is 15.8. The lowest BCUT2D eigenvalue weighted by atomic mass is 10.1. The maximum atomic E-state index is 13.0. The molecule has 1 amide bonds. The van der Waals surface area contributed by atoms with E-state index < -0.39 is 11.6 Å². The minimum Gasteiger partial charge on any atom is -0.324 e. The van der Waals surface area contributed by atoms with Gasteiger partial charge in [0.25, 0.3) is 0 Å². The standard InChI is InChI=1S/C14H11ClF2N2O/c1-8-12(4-5-13(15)18-8)19-14(20)7-9-2-3-10(16)11(17)6-9/h2-6H,7H2,1H3,(H,19,20).